The Morgan fingerprint density at radius 1 is 1.26 bits per heavy atom. The summed E-state index contributed by atoms with van der Waals surface area (Å²) in [5.74, 6) is 0.581. The van der Waals surface area contributed by atoms with Gasteiger partial charge in [0.05, 0.1) is 10.0 Å². The molecule has 98 valence electrons. The molecule has 0 atom stereocenters. The standard InChI is InChI=1S/C13H9Cl2NO3/c1-8(17)19-16-7-10-3-5-13(18-10)9-2-4-11(14)12(15)6-9/h2-7H,1H3/b16-7+. The van der Waals surface area contributed by atoms with Crippen molar-refractivity contribution in [3.8, 4) is 11.3 Å². The van der Waals surface area contributed by atoms with Gasteiger partial charge in [-0.2, -0.15) is 0 Å². The van der Waals surface area contributed by atoms with E-state index in [4.69, 9.17) is 27.6 Å². The van der Waals surface area contributed by atoms with Gasteiger partial charge in [-0.3, -0.25) is 0 Å². The third-order valence-electron chi connectivity index (χ3n) is 2.19. The summed E-state index contributed by atoms with van der Waals surface area (Å²) < 4.78 is 5.50. The van der Waals surface area contributed by atoms with Crippen molar-refractivity contribution in [2.24, 2.45) is 5.16 Å². The van der Waals surface area contributed by atoms with E-state index >= 15 is 0 Å². The number of hydrogen-bond acceptors (Lipinski definition) is 4. The number of oxime groups is 1. The number of halogens is 2. The van der Waals surface area contributed by atoms with Crippen LogP contribution in [-0.4, -0.2) is 12.2 Å². The summed E-state index contributed by atoms with van der Waals surface area (Å²) in [5, 5.41) is 4.39. The van der Waals surface area contributed by atoms with Gasteiger partial charge in [0.1, 0.15) is 17.7 Å². The van der Waals surface area contributed by atoms with Crippen LogP contribution in [0.25, 0.3) is 11.3 Å². The monoisotopic (exact) mass is 297 g/mol. The molecule has 0 saturated heterocycles. The van der Waals surface area contributed by atoms with Gasteiger partial charge in [-0.05, 0) is 30.3 Å². The summed E-state index contributed by atoms with van der Waals surface area (Å²) in [4.78, 5) is 15.0. The molecule has 0 saturated carbocycles. The Morgan fingerprint density at radius 3 is 2.74 bits per heavy atom. The Balaban J connectivity index is 2.18. The minimum atomic E-state index is -0.493. The fraction of sp³-hybridized carbons (Fsp3) is 0.0769. The molecule has 0 radical (unpaired) electrons. The number of nitrogens with zero attached hydrogens (tertiary/aromatic N) is 1. The van der Waals surface area contributed by atoms with Crippen LogP contribution >= 0.6 is 23.2 Å². The molecule has 0 aliphatic rings. The molecular formula is C13H9Cl2NO3. The summed E-state index contributed by atoms with van der Waals surface area (Å²) in [6.45, 7) is 1.26. The second-order valence-corrected chi connectivity index (χ2v) is 4.46. The van der Waals surface area contributed by atoms with E-state index in [1.165, 1.54) is 13.1 Å². The van der Waals surface area contributed by atoms with E-state index in [0.717, 1.165) is 5.56 Å². The number of furan rings is 1. The highest BCUT2D eigenvalue weighted by Gasteiger charge is 2.06. The summed E-state index contributed by atoms with van der Waals surface area (Å²) in [5.41, 5.74) is 0.793. The lowest BCUT2D eigenvalue weighted by atomic mass is 10.2. The van der Waals surface area contributed by atoms with E-state index in [1.54, 1.807) is 30.3 Å². The fourth-order valence-electron chi connectivity index (χ4n) is 1.38. The molecule has 0 bridgehead atoms. The van der Waals surface area contributed by atoms with E-state index < -0.39 is 5.97 Å². The van der Waals surface area contributed by atoms with Gasteiger partial charge < -0.3 is 9.25 Å². The molecule has 0 amide bonds. The molecule has 0 fully saturated rings. The molecule has 2 rings (SSSR count). The first-order chi connectivity index (χ1) is 9.06. The molecule has 0 aliphatic heterocycles. The summed E-state index contributed by atoms with van der Waals surface area (Å²) in [6, 6.07) is 8.64. The van der Waals surface area contributed by atoms with Crippen LogP contribution in [0.3, 0.4) is 0 Å². The van der Waals surface area contributed by atoms with Gasteiger partial charge in [0, 0.05) is 12.5 Å². The Bertz CT molecular complexity index is 635. The molecule has 19 heavy (non-hydrogen) atoms. The predicted octanol–water partition coefficient (Wildman–Crippen LogP) is 4.15. The van der Waals surface area contributed by atoms with Crippen LogP contribution in [0, 0.1) is 0 Å². The number of benzene rings is 1. The second-order valence-electron chi connectivity index (χ2n) is 3.65. The van der Waals surface area contributed by atoms with Crippen LogP contribution in [0.5, 0.6) is 0 Å². The van der Waals surface area contributed by atoms with Crippen molar-refractivity contribution >= 4 is 35.4 Å². The molecular weight excluding hydrogens is 289 g/mol. The molecule has 0 unspecified atom stereocenters. The molecule has 0 aliphatic carbocycles. The Hall–Kier alpha value is -1.78. The van der Waals surface area contributed by atoms with E-state index in [-0.39, 0.29) is 0 Å². The van der Waals surface area contributed by atoms with Gasteiger partial charge >= 0.3 is 5.97 Å². The zero-order valence-corrected chi connectivity index (χ0v) is 11.4. The van der Waals surface area contributed by atoms with Crippen LogP contribution in [0.4, 0.5) is 0 Å². The van der Waals surface area contributed by atoms with Gasteiger partial charge in [0.2, 0.25) is 0 Å². The van der Waals surface area contributed by atoms with Crippen molar-refractivity contribution in [2.75, 3.05) is 0 Å². The van der Waals surface area contributed by atoms with Gasteiger partial charge in [-0.1, -0.05) is 28.4 Å². The molecule has 1 heterocycles. The first-order valence-corrected chi connectivity index (χ1v) is 6.08. The highest BCUT2D eigenvalue weighted by Crippen LogP contribution is 2.29. The molecule has 0 N–H and O–H groups in total. The normalized spacial score (nSPS) is 10.9. The van der Waals surface area contributed by atoms with Gasteiger partial charge in [-0.25, -0.2) is 4.79 Å². The van der Waals surface area contributed by atoms with Gasteiger partial charge in [0.15, 0.2) is 0 Å². The quantitative estimate of drug-likeness (QED) is 0.486. The largest absolute Gasteiger partial charge is 0.455 e. The maximum Gasteiger partial charge on any atom is 0.331 e. The topological polar surface area (TPSA) is 51.8 Å². The average Bonchev–Trinajstić information content (AvgIpc) is 2.81. The second kappa shape index (κ2) is 5.91. The van der Waals surface area contributed by atoms with Crippen molar-refractivity contribution in [2.45, 2.75) is 6.92 Å². The molecule has 0 spiro atoms. The maximum atomic E-state index is 10.5. The fourth-order valence-corrected chi connectivity index (χ4v) is 1.68. The van der Waals surface area contributed by atoms with E-state index in [0.29, 0.717) is 21.6 Å². The lowest BCUT2D eigenvalue weighted by molar-refractivity contribution is -0.140. The third kappa shape index (κ3) is 3.59. The average molecular weight is 298 g/mol. The van der Waals surface area contributed by atoms with Crippen LogP contribution in [0.2, 0.25) is 10.0 Å². The zero-order chi connectivity index (χ0) is 13.8. The zero-order valence-electron chi connectivity index (χ0n) is 9.89. The van der Waals surface area contributed by atoms with Crippen molar-refractivity contribution in [3.63, 3.8) is 0 Å². The van der Waals surface area contributed by atoms with Crippen LogP contribution in [0.15, 0.2) is 39.9 Å². The lowest BCUT2D eigenvalue weighted by Gasteiger charge is -1.99. The van der Waals surface area contributed by atoms with Crippen LogP contribution in [-0.2, 0) is 9.63 Å². The Morgan fingerprint density at radius 2 is 2.05 bits per heavy atom. The van der Waals surface area contributed by atoms with Crippen LogP contribution in [0.1, 0.15) is 12.7 Å². The van der Waals surface area contributed by atoms with Crippen molar-refractivity contribution in [1.82, 2.24) is 0 Å². The number of hydrogen-bond donors (Lipinski definition) is 0. The summed E-state index contributed by atoms with van der Waals surface area (Å²) in [6.07, 6.45) is 1.31. The Labute approximate surface area is 119 Å². The summed E-state index contributed by atoms with van der Waals surface area (Å²) in [7, 11) is 0. The van der Waals surface area contributed by atoms with Gasteiger partial charge in [-0.15, -0.1) is 0 Å². The van der Waals surface area contributed by atoms with Crippen molar-refractivity contribution < 1.29 is 14.0 Å². The first kappa shape index (κ1) is 13.6. The molecule has 2 aromatic rings. The van der Waals surface area contributed by atoms with E-state index in [1.807, 2.05) is 0 Å². The van der Waals surface area contributed by atoms with Crippen LogP contribution < -0.4 is 0 Å². The highest BCUT2D eigenvalue weighted by atomic mass is 35.5. The molecule has 1 aromatic heterocycles. The Kier molecular flexibility index (Phi) is 4.24. The predicted molar refractivity (Wildman–Crippen MR) is 73.5 cm³/mol. The number of carbonyl (C=O) groups excluding carboxylic acids is 1. The molecule has 4 nitrogen and oxygen atoms in total. The van der Waals surface area contributed by atoms with Gasteiger partial charge in [0.25, 0.3) is 0 Å². The smallest absolute Gasteiger partial charge is 0.331 e. The van der Waals surface area contributed by atoms with E-state index in [2.05, 4.69) is 9.99 Å². The maximum absolute atomic E-state index is 10.5. The minimum Gasteiger partial charge on any atom is -0.455 e. The minimum absolute atomic E-state index is 0.450. The van der Waals surface area contributed by atoms with Crippen molar-refractivity contribution in [3.05, 3.63) is 46.1 Å². The summed E-state index contributed by atoms with van der Waals surface area (Å²) >= 11 is 11.8. The lowest BCUT2D eigenvalue weighted by Crippen LogP contribution is -1.90. The third-order valence-corrected chi connectivity index (χ3v) is 2.93. The number of carbonyl (C=O) groups is 1. The number of rotatable bonds is 3. The van der Waals surface area contributed by atoms with Crippen molar-refractivity contribution in [1.29, 1.82) is 0 Å². The molecule has 6 heteroatoms. The molecule has 1 aromatic carbocycles. The van der Waals surface area contributed by atoms with E-state index in [9.17, 15) is 4.79 Å². The SMILES string of the molecule is CC(=O)O/N=C/c1ccc(-c2ccc(Cl)c(Cl)c2)o1. The highest BCUT2D eigenvalue weighted by molar-refractivity contribution is 6.42. The first-order valence-electron chi connectivity index (χ1n) is 5.32.